The molecule has 15 heavy (non-hydrogen) atoms. The Bertz CT molecular complexity index is 386. The number of rotatable bonds is 2. The normalized spacial score (nSPS) is 20.5. The molecule has 3 nitrogen and oxygen atoms in total. The van der Waals surface area contributed by atoms with E-state index in [2.05, 4.69) is 0 Å². The number of allylic oxidation sites excluding steroid dienone is 4. The Morgan fingerprint density at radius 1 is 1.13 bits per heavy atom. The van der Waals surface area contributed by atoms with E-state index < -0.39 is 0 Å². The van der Waals surface area contributed by atoms with Crippen molar-refractivity contribution in [3.8, 4) is 0 Å². The van der Waals surface area contributed by atoms with Crippen molar-refractivity contribution in [2.24, 2.45) is 0 Å². The minimum atomic E-state index is 0.238. The molecule has 0 saturated carbocycles. The van der Waals surface area contributed by atoms with Gasteiger partial charge >= 0.3 is 0 Å². The summed E-state index contributed by atoms with van der Waals surface area (Å²) in [5.41, 5.74) is 1.98. The summed E-state index contributed by atoms with van der Waals surface area (Å²) in [5.74, 6) is 1.77. The first-order valence-electron chi connectivity index (χ1n) is 5.00. The van der Waals surface area contributed by atoms with E-state index in [-0.39, 0.29) is 5.78 Å². The van der Waals surface area contributed by atoms with Gasteiger partial charge in [-0.05, 0) is 18.1 Å². The van der Waals surface area contributed by atoms with Gasteiger partial charge in [-0.25, -0.2) is 0 Å². The van der Waals surface area contributed by atoms with Gasteiger partial charge in [0.25, 0.3) is 0 Å². The van der Waals surface area contributed by atoms with E-state index >= 15 is 0 Å². The minimum Gasteiger partial charge on any atom is -0.501 e. The predicted molar refractivity (Wildman–Crippen MR) is 56.1 cm³/mol. The molecule has 0 aromatic rings. The Labute approximate surface area is 89.1 Å². The molecule has 0 amide bonds. The van der Waals surface area contributed by atoms with Crippen molar-refractivity contribution >= 4 is 5.78 Å². The molecule has 0 saturated heterocycles. The highest BCUT2D eigenvalue weighted by Gasteiger charge is 2.25. The summed E-state index contributed by atoms with van der Waals surface area (Å²) < 4.78 is 10.4. The summed E-state index contributed by atoms with van der Waals surface area (Å²) in [4.78, 5) is 11.6. The van der Waals surface area contributed by atoms with Crippen LogP contribution in [0.3, 0.4) is 0 Å². The van der Waals surface area contributed by atoms with Gasteiger partial charge in [0.15, 0.2) is 5.78 Å². The van der Waals surface area contributed by atoms with Gasteiger partial charge in [0.05, 0.1) is 14.2 Å². The molecule has 0 aliphatic heterocycles. The maximum atomic E-state index is 11.6. The number of ketones is 1. The lowest BCUT2D eigenvalue weighted by Gasteiger charge is -2.05. The number of carbonyl (C=O) groups is 1. The third kappa shape index (κ3) is 1.82. The molecule has 0 fully saturated rings. The number of Topliss-reactive ketones (excluding diaryl/α,β-unsaturated/α-hetero) is 1. The second-order valence-corrected chi connectivity index (χ2v) is 3.67. The van der Waals surface area contributed by atoms with E-state index in [1.54, 1.807) is 14.2 Å². The standard InChI is InChI=1S/C12H14O3/c1-14-9-5-8-3-4-12(13)11(8)7-10(6-9)15-2/h5-6H,3-4,7H2,1-2H3. The zero-order valence-corrected chi connectivity index (χ0v) is 9.00. The Balaban J connectivity index is 2.40. The van der Waals surface area contributed by atoms with E-state index in [0.29, 0.717) is 12.8 Å². The highest BCUT2D eigenvalue weighted by atomic mass is 16.5. The first kappa shape index (κ1) is 10.0. The van der Waals surface area contributed by atoms with Crippen molar-refractivity contribution in [3.05, 3.63) is 34.8 Å². The van der Waals surface area contributed by atoms with Gasteiger partial charge in [-0.3, -0.25) is 4.79 Å². The highest BCUT2D eigenvalue weighted by Crippen LogP contribution is 2.32. The van der Waals surface area contributed by atoms with E-state index in [0.717, 1.165) is 29.1 Å². The molecule has 0 spiro atoms. The van der Waals surface area contributed by atoms with Gasteiger partial charge in [-0.1, -0.05) is 0 Å². The van der Waals surface area contributed by atoms with E-state index in [1.807, 2.05) is 12.2 Å². The Kier molecular flexibility index (Phi) is 2.62. The molecule has 0 atom stereocenters. The molecule has 0 aromatic carbocycles. The maximum Gasteiger partial charge on any atom is 0.159 e. The summed E-state index contributed by atoms with van der Waals surface area (Å²) in [6.45, 7) is 0. The van der Waals surface area contributed by atoms with Crippen LogP contribution in [-0.4, -0.2) is 20.0 Å². The lowest BCUT2D eigenvalue weighted by Crippen LogP contribution is -1.99. The maximum absolute atomic E-state index is 11.6. The van der Waals surface area contributed by atoms with Gasteiger partial charge in [0, 0.05) is 24.5 Å². The van der Waals surface area contributed by atoms with E-state index in [9.17, 15) is 4.79 Å². The van der Waals surface area contributed by atoms with Crippen LogP contribution in [0.5, 0.6) is 0 Å². The van der Waals surface area contributed by atoms with Gasteiger partial charge in [-0.15, -0.1) is 0 Å². The Hall–Kier alpha value is -1.51. The van der Waals surface area contributed by atoms with Crippen molar-refractivity contribution in [3.63, 3.8) is 0 Å². The van der Waals surface area contributed by atoms with Crippen LogP contribution >= 0.6 is 0 Å². The molecule has 0 N–H and O–H groups in total. The van der Waals surface area contributed by atoms with Crippen LogP contribution in [0.2, 0.25) is 0 Å². The van der Waals surface area contributed by atoms with Crippen LogP contribution < -0.4 is 0 Å². The fourth-order valence-corrected chi connectivity index (χ4v) is 1.95. The number of methoxy groups -OCH3 is 2. The quantitative estimate of drug-likeness (QED) is 0.694. The van der Waals surface area contributed by atoms with Gasteiger partial charge in [0.1, 0.15) is 11.5 Å². The Morgan fingerprint density at radius 3 is 2.60 bits per heavy atom. The average molecular weight is 206 g/mol. The van der Waals surface area contributed by atoms with Crippen LogP contribution in [0.4, 0.5) is 0 Å². The largest absolute Gasteiger partial charge is 0.501 e. The second-order valence-electron chi connectivity index (χ2n) is 3.67. The molecule has 3 heteroatoms. The number of ether oxygens (including phenoxy) is 2. The lowest BCUT2D eigenvalue weighted by molar-refractivity contribution is -0.115. The molecular weight excluding hydrogens is 192 g/mol. The van der Waals surface area contributed by atoms with Gasteiger partial charge < -0.3 is 9.47 Å². The van der Waals surface area contributed by atoms with Crippen LogP contribution in [0.25, 0.3) is 0 Å². The summed E-state index contributed by atoms with van der Waals surface area (Å²) in [6.07, 6.45) is 5.81. The monoisotopic (exact) mass is 206 g/mol. The third-order valence-corrected chi connectivity index (χ3v) is 2.81. The summed E-state index contributed by atoms with van der Waals surface area (Å²) in [5, 5.41) is 0. The lowest BCUT2D eigenvalue weighted by atomic mass is 10.1. The molecule has 2 rings (SSSR count). The Morgan fingerprint density at radius 2 is 1.93 bits per heavy atom. The second kappa shape index (κ2) is 3.93. The first-order chi connectivity index (χ1) is 7.24. The molecule has 0 radical (unpaired) electrons. The molecule has 80 valence electrons. The SMILES string of the molecule is COC1=CC2=C(CC(OC)=C1)C(=O)CC2. The van der Waals surface area contributed by atoms with Crippen molar-refractivity contribution < 1.29 is 14.3 Å². The fraction of sp³-hybridized carbons (Fsp3) is 0.417. The third-order valence-electron chi connectivity index (χ3n) is 2.81. The van der Waals surface area contributed by atoms with Crippen molar-refractivity contribution in [1.82, 2.24) is 0 Å². The van der Waals surface area contributed by atoms with Crippen LogP contribution in [0.1, 0.15) is 19.3 Å². The van der Waals surface area contributed by atoms with E-state index in [1.165, 1.54) is 0 Å². The smallest absolute Gasteiger partial charge is 0.159 e. The molecule has 2 aliphatic carbocycles. The molecule has 0 bridgehead atoms. The minimum absolute atomic E-state index is 0.238. The van der Waals surface area contributed by atoms with Crippen molar-refractivity contribution in [1.29, 1.82) is 0 Å². The van der Waals surface area contributed by atoms with E-state index in [4.69, 9.17) is 9.47 Å². The zero-order chi connectivity index (χ0) is 10.8. The van der Waals surface area contributed by atoms with Gasteiger partial charge in [-0.2, -0.15) is 0 Å². The zero-order valence-electron chi connectivity index (χ0n) is 9.00. The highest BCUT2D eigenvalue weighted by molar-refractivity contribution is 5.99. The number of hydrogen-bond acceptors (Lipinski definition) is 3. The topological polar surface area (TPSA) is 35.5 Å². The van der Waals surface area contributed by atoms with Crippen LogP contribution in [0.15, 0.2) is 34.8 Å². The summed E-state index contributed by atoms with van der Waals surface area (Å²) in [6, 6.07) is 0. The number of hydrogen-bond donors (Lipinski definition) is 0. The van der Waals surface area contributed by atoms with Crippen LogP contribution in [0, 0.1) is 0 Å². The van der Waals surface area contributed by atoms with Crippen molar-refractivity contribution in [2.75, 3.05) is 14.2 Å². The molecule has 0 unspecified atom stereocenters. The number of carbonyl (C=O) groups excluding carboxylic acids is 1. The molecule has 0 aromatic heterocycles. The first-order valence-corrected chi connectivity index (χ1v) is 5.00. The molecule has 0 heterocycles. The van der Waals surface area contributed by atoms with Crippen LogP contribution in [-0.2, 0) is 14.3 Å². The molecular formula is C12H14O3. The summed E-state index contributed by atoms with van der Waals surface area (Å²) in [7, 11) is 3.24. The predicted octanol–water partition coefficient (Wildman–Crippen LogP) is 2.11. The molecule has 2 aliphatic rings. The average Bonchev–Trinajstić information content (AvgIpc) is 2.51. The summed E-state index contributed by atoms with van der Waals surface area (Å²) >= 11 is 0. The fourth-order valence-electron chi connectivity index (χ4n) is 1.95. The van der Waals surface area contributed by atoms with Gasteiger partial charge in [0.2, 0.25) is 0 Å². The van der Waals surface area contributed by atoms with Crippen molar-refractivity contribution in [2.45, 2.75) is 19.3 Å².